The number of hydrogen-bond donors (Lipinski definition) is 4. The van der Waals surface area contributed by atoms with E-state index in [1.807, 2.05) is 0 Å². The number of aryl methyl sites for hydroxylation is 1. The smallest absolute Gasteiger partial charge is 0.416 e. The van der Waals surface area contributed by atoms with Crippen molar-refractivity contribution >= 4 is 17.0 Å². The Balaban J connectivity index is 1.72. The SMILES string of the molecule is Cc1cc(Oc2nc(N)c3ncn([C@@H]4O[C@H](CO)[C@@H](O)[C@H]4O)c3n2)cc(C(F)(F)F)c1. The van der Waals surface area contributed by atoms with E-state index in [-0.39, 0.29) is 28.7 Å². The molecule has 1 fully saturated rings. The zero-order valence-electron chi connectivity index (χ0n) is 16.0. The number of halogens is 3. The molecule has 13 heteroatoms. The van der Waals surface area contributed by atoms with Crippen molar-refractivity contribution in [3.05, 3.63) is 35.7 Å². The summed E-state index contributed by atoms with van der Waals surface area (Å²) in [7, 11) is 0. The molecule has 5 N–H and O–H groups in total. The molecule has 166 valence electrons. The minimum Gasteiger partial charge on any atom is -0.424 e. The number of rotatable bonds is 4. The molecular formula is C18H18F3N5O5. The van der Waals surface area contributed by atoms with Crippen LogP contribution in [0.4, 0.5) is 19.0 Å². The molecule has 0 unspecified atom stereocenters. The lowest BCUT2D eigenvalue weighted by Crippen LogP contribution is -2.33. The van der Waals surface area contributed by atoms with Crippen molar-refractivity contribution in [3.63, 3.8) is 0 Å². The quantitative estimate of drug-likeness (QED) is 0.468. The summed E-state index contributed by atoms with van der Waals surface area (Å²) in [5.41, 5.74) is 5.49. The van der Waals surface area contributed by atoms with Crippen molar-refractivity contribution in [3.8, 4) is 11.8 Å². The Hall–Kier alpha value is -3.00. The fourth-order valence-corrected chi connectivity index (χ4v) is 3.34. The minimum absolute atomic E-state index is 0.0565. The van der Waals surface area contributed by atoms with Crippen LogP contribution >= 0.6 is 0 Å². The Kier molecular flexibility index (Phi) is 5.21. The lowest BCUT2D eigenvalue weighted by atomic mass is 10.1. The summed E-state index contributed by atoms with van der Waals surface area (Å²) < 4.78 is 51.4. The Labute approximate surface area is 172 Å². The van der Waals surface area contributed by atoms with E-state index in [1.165, 1.54) is 23.9 Å². The third-order valence-corrected chi connectivity index (χ3v) is 4.81. The highest BCUT2D eigenvalue weighted by Gasteiger charge is 2.44. The lowest BCUT2D eigenvalue weighted by Gasteiger charge is -2.16. The minimum atomic E-state index is -4.56. The van der Waals surface area contributed by atoms with Gasteiger partial charge >= 0.3 is 12.2 Å². The zero-order chi connectivity index (χ0) is 22.5. The number of alkyl halides is 3. The number of ether oxygens (including phenoxy) is 2. The number of hydrogen-bond acceptors (Lipinski definition) is 9. The van der Waals surface area contributed by atoms with Gasteiger partial charge in [0, 0.05) is 0 Å². The Morgan fingerprint density at radius 1 is 1.19 bits per heavy atom. The maximum Gasteiger partial charge on any atom is 0.416 e. The summed E-state index contributed by atoms with van der Waals surface area (Å²) in [5.74, 6) is -0.265. The summed E-state index contributed by atoms with van der Waals surface area (Å²) in [5, 5.41) is 29.5. The first kappa shape index (κ1) is 21.2. The van der Waals surface area contributed by atoms with Gasteiger partial charge in [0.05, 0.1) is 18.5 Å². The van der Waals surface area contributed by atoms with Crippen molar-refractivity contribution in [1.82, 2.24) is 19.5 Å². The summed E-state index contributed by atoms with van der Waals surface area (Å²) in [6.07, 6.45) is -8.24. The standard InChI is InChI=1S/C18H18F3N5O5/c1-7-2-8(18(19,20)21)4-9(3-7)30-17-24-14(22)11-15(25-17)26(6-23-11)16-13(29)12(28)10(5-27)31-16/h2-4,6,10,12-13,16,27-29H,5H2,1H3,(H2,22,24,25)/t10-,12-,13-,16-/m1/s1. The zero-order valence-corrected chi connectivity index (χ0v) is 16.0. The van der Waals surface area contributed by atoms with Gasteiger partial charge in [0.1, 0.15) is 24.1 Å². The Morgan fingerprint density at radius 2 is 1.94 bits per heavy atom. The maximum atomic E-state index is 13.1. The molecule has 3 heterocycles. The molecule has 1 aromatic carbocycles. The fraction of sp³-hybridized carbons (Fsp3) is 0.389. The predicted molar refractivity (Wildman–Crippen MR) is 99.0 cm³/mol. The van der Waals surface area contributed by atoms with E-state index in [9.17, 15) is 28.5 Å². The molecule has 4 atom stereocenters. The Morgan fingerprint density at radius 3 is 2.58 bits per heavy atom. The van der Waals surface area contributed by atoms with Gasteiger partial charge in [-0.05, 0) is 30.7 Å². The molecule has 4 rings (SSSR count). The van der Waals surface area contributed by atoms with Crippen LogP contribution in [0.3, 0.4) is 0 Å². The topological polar surface area (TPSA) is 149 Å². The van der Waals surface area contributed by atoms with Crippen LogP contribution in [-0.2, 0) is 10.9 Å². The van der Waals surface area contributed by atoms with E-state index in [1.54, 1.807) is 0 Å². The molecule has 0 aliphatic carbocycles. The molecule has 0 amide bonds. The van der Waals surface area contributed by atoms with Crippen LogP contribution in [0.25, 0.3) is 11.2 Å². The molecule has 31 heavy (non-hydrogen) atoms. The highest BCUT2D eigenvalue weighted by Crippen LogP contribution is 2.35. The van der Waals surface area contributed by atoms with Gasteiger partial charge in [0.2, 0.25) is 0 Å². The number of nitrogens with zero attached hydrogens (tertiary/aromatic N) is 4. The third kappa shape index (κ3) is 3.87. The van der Waals surface area contributed by atoms with E-state index in [4.69, 9.17) is 15.2 Å². The van der Waals surface area contributed by atoms with Gasteiger partial charge in [0.15, 0.2) is 23.2 Å². The molecule has 10 nitrogen and oxygen atoms in total. The molecule has 0 bridgehead atoms. The summed E-state index contributed by atoms with van der Waals surface area (Å²) in [6.45, 7) is 0.957. The van der Waals surface area contributed by atoms with Gasteiger partial charge in [-0.15, -0.1) is 0 Å². The van der Waals surface area contributed by atoms with Crippen molar-refractivity contribution in [2.45, 2.75) is 37.6 Å². The molecular weight excluding hydrogens is 423 g/mol. The summed E-state index contributed by atoms with van der Waals surface area (Å²) in [4.78, 5) is 12.1. The van der Waals surface area contributed by atoms with Crippen molar-refractivity contribution in [2.75, 3.05) is 12.3 Å². The van der Waals surface area contributed by atoms with E-state index in [2.05, 4.69) is 15.0 Å². The molecule has 0 spiro atoms. The molecule has 1 saturated heterocycles. The number of imidazole rings is 1. The van der Waals surface area contributed by atoms with E-state index in [0.717, 1.165) is 12.1 Å². The number of aliphatic hydroxyl groups excluding tert-OH is 3. The van der Waals surface area contributed by atoms with Crippen LogP contribution in [-0.4, -0.2) is 59.8 Å². The largest absolute Gasteiger partial charge is 0.424 e. The number of fused-ring (bicyclic) bond motifs is 1. The third-order valence-electron chi connectivity index (χ3n) is 4.81. The van der Waals surface area contributed by atoms with Crippen LogP contribution < -0.4 is 10.5 Å². The molecule has 1 aliphatic heterocycles. The van der Waals surface area contributed by atoms with E-state index >= 15 is 0 Å². The van der Waals surface area contributed by atoms with Crippen molar-refractivity contribution < 1.29 is 38.0 Å². The Bertz CT molecular complexity index is 1120. The van der Waals surface area contributed by atoms with Crippen LogP contribution in [0.5, 0.6) is 11.8 Å². The van der Waals surface area contributed by atoms with Gasteiger partial charge in [-0.1, -0.05) is 0 Å². The molecule has 0 radical (unpaired) electrons. The number of aliphatic hydroxyl groups is 3. The normalized spacial score (nSPS) is 24.1. The molecule has 2 aromatic heterocycles. The number of benzene rings is 1. The molecule has 0 saturated carbocycles. The second kappa shape index (κ2) is 7.60. The van der Waals surface area contributed by atoms with E-state index < -0.39 is 42.9 Å². The van der Waals surface area contributed by atoms with Gasteiger partial charge in [0.25, 0.3) is 0 Å². The van der Waals surface area contributed by atoms with Gasteiger partial charge < -0.3 is 30.5 Å². The van der Waals surface area contributed by atoms with Crippen molar-refractivity contribution in [1.29, 1.82) is 0 Å². The van der Waals surface area contributed by atoms with Gasteiger partial charge in [-0.2, -0.15) is 23.1 Å². The second-order valence-electron chi connectivity index (χ2n) is 7.08. The van der Waals surface area contributed by atoms with Crippen LogP contribution in [0.2, 0.25) is 0 Å². The average molecular weight is 441 g/mol. The molecule has 3 aromatic rings. The first-order valence-electron chi connectivity index (χ1n) is 9.07. The first-order chi connectivity index (χ1) is 14.6. The first-order valence-corrected chi connectivity index (χ1v) is 9.07. The summed E-state index contributed by atoms with van der Waals surface area (Å²) in [6, 6.07) is 2.81. The predicted octanol–water partition coefficient (Wildman–Crippen LogP) is 1.14. The highest BCUT2D eigenvalue weighted by atomic mass is 19.4. The highest BCUT2D eigenvalue weighted by molar-refractivity contribution is 5.82. The van der Waals surface area contributed by atoms with E-state index in [0.29, 0.717) is 5.56 Å². The van der Waals surface area contributed by atoms with Crippen LogP contribution in [0.15, 0.2) is 24.5 Å². The fourth-order valence-electron chi connectivity index (χ4n) is 3.34. The number of nitrogens with two attached hydrogens (primary N) is 1. The maximum absolute atomic E-state index is 13.1. The number of aromatic nitrogens is 4. The average Bonchev–Trinajstić information content (AvgIpc) is 3.22. The van der Waals surface area contributed by atoms with Crippen molar-refractivity contribution in [2.24, 2.45) is 0 Å². The second-order valence-corrected chi connectivity index (χ2v) is 7.08. The number of anilines is 1. The number of nitrogen functional groups attached to an aromatic ring is 1. The lowest BCUT2D eigenvalue weighted by molar-refractivity contribution is -0.137. The summed E-state index contributed by atoms with van der Waals surface area (Å²) >= 11 is 0. The monoisotopic (exact) mass is 441 g/mol. The molecule has 1 aliphatic rings. The van der Waals surface area contributed by atoms with Crippen LogP contribution in [0.1, 0.15) is 17.4 Å². The van der Waals surface area contributed by atoms with Gasteiger partial charge in [-0.3, -0.25) is 4.57 Å². The van der Waals surface area contributed by atoms with Crippen LogP contribution in [0, 0.1) is 6.92 Å². The van der Waals surface area contributed by atoms with Gasteiger partial charge in [-0.25, -0.2) is 4.98 Å².